The summed E-state index contributed by atoms with van der Waals surface area (Å²) in [5, 5.41) is 1.07. The first-order chi connectivity index (χ1) is 18.0. The van der Waals surface area contributed by atoms with Crippen LogP contribution in [0.3, 0.4) is 0 Å². The summed E-state index contributed by atoms with van der Waals surface area (Å²) in [6, 6.07) is 21.0. The predicted octanol–water partition coefficient (Wildman–Crippen LogP) is 6.83. The summed E-state index contributed by atoms with van der Waals surface area (Å²) in [5.74, 6) is 0.898. The van der Waals surface area contributed by atoms with Gasteiger partial charge in [0.05, 0.1) is 29.7 Å². The van der Waals surface area contributed by atoms with Crippen LogP contribution in [0.15, 0.2) is 77.6 Å². The number of amides is 1. The van der Waals surface area contributed by atoms with E-state index < -0.39 is 6.04 Å². The highest BCUT2D eigenvalue weighted by Crippen LogP contribution is 2.29. The van der Waals surface area contributed by atoms with Gasteiger partial charge in [-0.2, -0.15) is 0 Å². The molecule has 37 heavy (non-hydrogen) atoms. The van der Waals surface area contributed by atoms with Crippen LogP contribution in [0, 0.1) is 0 Å². The van der Waals surface area contributed by atoms with Gasteiger partial charge in [-0.25, -0.2) is 4.98 Å². The number of rotatable bonds is 10. The van der Waals surface area contributed by atoms with E-state index in [2.05, 4.69) is 6.92 Å². The molecule has 1 aromatic heterocycles. The average molecular weight is 518 g/mol. The SMILES string of the molecule is CCCCCCN(C(=O)c1ccc(Cl)cc1)C(C)c1nc2ccccc2c(=O)n1-c1ccccc1OC. The van der Waals surface area contributed by atoms with Crippen molar-refractivity contribution in [2.24, 2.45) is 0 Å². The molecule has 6 nitrogen and oxygen atoms in total. The quantitative estimate of drug-likeness (QED) is 0.216. The van der Waals surface area contributed by atoms with Gasteiger partial charge in [0.15, 0.2) is 0 Å². The number of hydrogen-bond donors (Lipinski definition) is 0. The number of benzene rings is 3. The maximum Gasteiger partial charge on any atom is 0.266 e. The Morgan fingerprint density at radius 2 is 1.70 bits per heavy atom. The molecule has 3 aromatic carbocycles. The summed E-state index contributed by atoms with van der Waals surface area (Å²) < 4.78 is 7.18. The minimum Gasteiger partial charge on any atom is -0.495 e. The molecule has 0 aliphatic heterocycles. The Bertz CT molecular complexity index is 1430. The van der Waals surface area contributed by atoms with Crippen LogP contribution in [-0.2, 0) is 0 Å². The van der Waals surface area contributed by atoms with Gasteiger partial charge in [0.1, 0.15) is 11.6 Å². The lowest BCUT2D eigenvalue weighted by molar-refractivity contribution is 0.0677. The Balaban J connectivity index is 1.88. The Morgan fingerprint density at radius 1 is 1.00 bits per heavy atom. The third-order valence-corrected chi connectivity index (χ3v) is 6.83. The highest BCUT2D eigenvalue weighted by Gasteiger charge is 2.28. The molecule has 0 bridgehead atoms. The van der Waals surface area contributed by atoms with Crippen molar-refractivity contribution < 1.29 is 9.53 Å². The third kappa shape index (κ3) is 5.70. The second-order valence-corrected chi connectivity index (χ2v) is 9.48. The third-order valence-electron chi connectivity index (χ3n) is 6.57. The highest BCUT2D eigenvalue weighted by atomic mass is 35.5. The van der Waals surface area contributed by atoms with Crippen molar-refractivity contribution in [2.45, 2.75) is 45.6 Å². The van der Waals surface area contributed by atoms with Crippen LogP contribution in [0.4, 0.5) is 0 Å². The molecule has 0 spiro atoms. The van der Waals surface area contributed by atoms with E-state index in [-0.39, 0.29) is 11.5 Å². The minimum absolute atomic E-state index is 0.130. The van der Waals surface area contributed by atoms with Crippen LogP contribution in [0.25, 0.3) is 16.6 Å². The van der Waals surface area contributed by atoms with Crippen LogP contribution in [0.1, 0.15) is 61.8 Å². The molecule has 4 rings (SSSR count). The Kier molecular flexibility index (Phi) is 8.62. The number of carbonyl (C=O) groups is 1. The highest BCUT2D eigenvalue weighted by molar-refractivity contribution is 6.30. The van der Waals surface area contributed by atoms with Crippen molar-refractivity contribution in [1.82, 2.24) is 14.5 Å². The lowest BCUT2D eigenvalue weighted by Crippen LogP contribution is -2.38. The molecular formula is C30H32ClN3O3. The Labute approximate surface area is 222 Å². The Hall–Kier alpha value is -3.64. The number of carbonyl (C=O) groups excluding carboxylic acids is 1. The van der Waals surface area contributed by atoms with Crippen LogP contribution in [0.2, 0.25) is 5.02 Å². The number of aromatic nitrogens is 2. The Morgan fingerprint density at radius 3 is 2.43 bits per heavy atom. The van der Waals surface area contributed by atoms with Crippen molar-refractivity contribution in [1.29, 1.82) is 0 Å². The molecule has 0 saturated carbocycles. The topological polar surface area (TPSA) is 64.4 Å². The van der Waals surface area contributed by atoms with Crippen molar-refractivity contribution >= 4 is 28.4 Å². The number of hydrogen-bond acceptors (Lipinski definition) is 4. The molecule has 0 aliphatic rings. The molecule has 1 atom stereocenters. The number of halogens is 1. The zero-order valence-corrected chi connectivity index (χ0v) is 22.2. The minimum atomic E-state index is -0.493. The van der Waals surface area contributed by atoms with E-state index in [0.717, 1.165) is 25.7 Å². The molecule has 1 unspecified atom stereocenters. The number of methoxy groups -OCH3 is 1. The molecule has 192 valence electrons. The van der Waals surface area contributed by atoms with Crippen LogP contribution in [-0.4, -0.2) is 34.0 Å². The van der Waals surface area contributed by atoms with E-state index in [1.165, 1.54) is 0 Å². The van der Waals surface area contributed by atoms with E-state index in [0.29, 0.717) is 45.3 Å². The molecule has 1 heterocycles. The van der Waals surface area contributed by atoms with Gasteiger partial charge in [-0.3, -0.25) is 14.2 Å². The first kappa shape index (κ1) is 26.4. The van der Waals surface area contributed by atoms with E-state index in [4.69, 9.17) is 21.3 Å². The van der Waals surface area contributed by atoms with Crippen molar-refractivity contribution in [3.8, 4) is 11.4 Å². The lowest BCUT2D eigenvalue weighted by atomic mass is 10.1. The largest absolute Gasteiger partial charge is 0.495 e. The summed E-state index contributed by atoms with van der Waals surface area (Å²) in [7, 11) is 1.57. The number of nitrogens with zero attached hydrogens (tertiary/aromatic N) is 3. The average Bonchev–Trinajstić information content (AvgIpc) is 2.93. The molecule has 0 fully saturated rings. The molecular weight excluding hydrogens is 486 g/mol. The molecule has 1 amide bonds. The standard InChI is InChI=1S/C30H32ClN3O3/c1-4-5-6-11-20-33(29(35)22-16-18-23(31)19-17-22)21(2)28-32-25-13-8-7-12-24(25)30(36)34(28)26-14-9-10-15-27(26)37-3/h7-10,12-19,21H,4-6,11,20H2,1-3H3. The summed E-state index contributed by atoms with van der Waals surface area (Å²) in [4.78, 5) is 34.4. The van der Waals surface area contributed by atoms with E-state index in [1.54, 1.807) is 46.9 Å². The fourth-order valence-electron chi connectivity index (χ4n) is 4.56. The molecule has 0 aliphatic carbocycles. The molecule has 0 saturated heterocycles. The van der Waals surface area contributed by atoms with E-state index in [9.17, 15) is 9.59 Å². The fourth-order valence-corrected chi connectivity index (χ4v) is 4.68. The smallest absolute Gasteiger partial charge is 0.266 e. The summed E-state index contributed by atoms with van der Waals surface area (Å²) in [6.07, 6.45) is 4.06. The lowest BCUT2D eigenvalue weighted by Gasteiger charge is -2.31. The zero-order valence-electron chi connectivity index (χ0n) is 21.5. The second-order valence-electron chi connectivity index (χ2n) is 9.04. The number of ether oxygens (including phenoxy) is 1. The second kappa shape index (κ2) is 12.1. The molecule has 7 heteroatoms. The molecule has 0 radical (unpaired) electrons. The molecule has 0 N–H and O–H groups in total. The maximum absolute atomic E-state index is 13.9. The number of para-hydroxylation sites is 3. The maximum atomic E-state index is 13.9. The van der Waals surface area contributed by atoms with Crippen molar-refractivity contribution in [2.75, 3.05) is 13.7 Å². The van der Waals surface area contributed by atoms with Gasteiger partial charge in [-0.05, 0) is 61.9 Å². The van der Waals surface area contributed by atoms with Crippen LogP contribution < -0.4 is 10.3 Å². The van der Waals surface area contributed by atoms with Gasteiger partial charge in [-0.15, -0.1) is 0 Å². The number of unbranched alkanes of at least 4 members (excludes halogenated alkanes) is 3. The first-order valence-electron chi connectivity index (χ1n) is 12.7. The van der Waals surface area contributed by atoms with Gasteiger partial charge in [0, 0.05) is 17.1 Å². The van der Waals surface area contributed by atoms with E-state index in [1.807, 2.05) is 49.4 Å². The number of fused-ring (bicyclic) bond motifs is 1. The molecule has 4 aromatic rings. The van der Waals surface area contributed by atoms with E-state index >= 15 is 0 Å². The summed E-state index contributed by atoms with van der Waals surface area (Å²) in [5.41, 5.74) is 1.51. The van der Waals surface area contributed by atoms with Crippen molar-refractivity contribution in [3.63, 3.8) is 0 Å². The summed E-state index contributed by atoms with van der Waals surface area (Å²) in [6.45, 7) is 4.62. The first-order valence-corrected chi connectivity index (χ1v) is 13.1. The van der Waals surface area contributed by atoms with Crippen LogP contribution in [0.5, 0.6) is 5.75 Å². The van der Waals surface area contributed by atoms with Crippen LogP contribution >= 0.6 is 11.6 Å². The van der Waals surface area contributed by atoms with Crippen molar-refractivity contribution in [3.05, 3.63) is 99.6 Å². The van der Waals surface area contributed by atoms with Gasteiger partial charge in [-0.1, -0.05) is 62.1 Å². The fraction of sp³-hybridized carbons (Fsp3) is 0.300. The van der Waals surface area contributed by atoms with Gasteiger partial charge in [0.2, 0.25) is 0 Å². The van der Waals surface area contributed by atoms with Gasteiger partial charge < -0.3 is 9.64 Å². The predicted molar refractivity (Wildman–Crippen MR) is 149 cm³/mol. The monoisotopic (exact) mass is 517 g/mol. The summed E-state index contributed by atoms with van der Waals surface area (Å²) >= 11 is 6.08. The van der Waals surface area contributed by atoms with Gasteiger partial charge in [0.25, 0.3) is 11.5 Å². The normalized spacial score (nSPS) is 11.9. The van der Waals surface area contributed by atoms with Gasteiger partial charge >= 0.3 is 0 Å². The zero-order chi connectivity index (χ0) is 26.4.